The van der Waals surface area contributed by atoms with Crippen LogP contribution in [0.1, 0.15) is 19.3 Å². The second-order valence-electron chi connectivity index (χ2n) is 3.92. The molecule has 0 amide bonds. The van der Waals surface area contributed by atoms with E-state index in [1.54, 1.807) is 36.3 Å². The molecule has 0 saturated heterocycles. The van der Waals surface area contributed by atoms with Gasteiger partial charge in [-0.15, -0.1) is 11.3 Å². The number of aromatic nitrogens is 1. The Bertz CT molecular complexity index is 369. The van der Waals surface area contributed by atoms with E-state index in [4.69, 9.17) is 0 Å². The Morgan fingerprint density at radius 1 is 1.81 bits per heavy atom. The Morgan fingerprint density at radius 3 is 3.12 bits per heavy atom. The zero-order valence-corrected chi connectivity index (χ0v) is 10.6. The van der Waals surface area contributed by atoms with Crippen LogP contribution < -0.4 is 5.32 Å². The second kappa shape index (κ2) is 4.73. The van der Waals surface area contributed by atoms with Crippen LogP contribution in [0.25, 0.3) is 0 Å². The fraction of sp³-hybridized carbons (Fsp3) is 0.600. The molecule has 0 spiro atoms. The molecule has 0 aromatic carbocycles. The number of nitrogens with one attached hydrogen (secondary N) is 1. The van der Waals surface area contributed by atoms with Crippen LogP contribution in [0.15, 0.2) is 15.9 Å². The summed E-state index contributed by atoms with van der Waals surface area (Å²) in [5, 5.41) is 14.5. The lowest BCUT2D eigenvalue weighted by molar-refractivity contribution is -0.144. The third-order valence-corrected chi connectivity index (χ3v) is 5.22. The van der Waals surface area contributed by atoms with E-state index in [1.807, 2.05) is 5.38 Å². The number of hydrogen-bond donors (Lipinski definition) is 2. The maximum atomic E-state index is 11.2. The quantitative estimate of drug-likeness (QED) is 0.862. The Labute approximate surface area is 102 Å². The van der Waals surface area contributed by atoms with Gasteiger partial charge in [0.1, 0.15) is 9.88 Å². The first kappa shape index (κ1) is 11.9. The zero-order valence-electron chi connectivity index (χ0n) is 8.97. The van der Waals surface area contributed by atoms with Gasteiger partial charge < -0.3 is 10.4 Å². The van der Waals surface area contributed by atoms with E-state index >= 15 is 0 Å². The number of aliphatic carboxylic acids is 1. The van der Waals surface area contributed by atoms with Crippen molar-refractivity contribution in [2.24, 2.45) is 0 Å². The molecule has 2 rings (SSSR count). The smallest absolute Gasteiger partial charge is 0.323 e. The molecule has 4 nitrogen and oxygen atoms in total. The van der Waals surface area contributed by atoms with Crippen molar-refractivity contribution in [1.29, 1.82) is 0 Å². The van der Waals surface area contributed by atoms with E-state index in [0.29, 0.717) is 18.1 Å². The van der Waals surface area contributed by atoms with Crippen LogP contribution in [-0.4, -0.2) is 33.9 Å². The average Bonchev–Trinajstić information content (AvgIpc) is 2.88. The number of thioether (sulfide) groups is 1. The molecule has 88 valence electrons. The van der Waals surface area contributed by atoms with Gasteiger partial charge in [-0.2, -0.15) is 0 Å². The molecule has 1 aromatic rings. The van der Waals surface area contributed by atoms with Crippen LogP contribution in [-0.2, 0) is 4.79 Å². The Morgan fingerprint density at radius 2 is 2.62 bits per heavy atom. The fourth-order valence-corrected chi connectivity index (χ4v) is 4.21. The second-order valence-corrected chi connectivity index (χ2v) is 6.36. The molecule has 16 heavy (non-hydrogen) atoms. The highest BCUT2D eigenvalue weighted by Gasteiger charge is 2.44. The van der Waals surface area contributed by atoms with Gasteiger partial charge in [-0.3, -0.25) is 4.79 Å². The van der Waals surface area contributed by atoms with Gasteiger partial charge >= 0.3 is 5.97 Å². The SMILES string of the molecule is CNC1(C(=O)O)CCC(Sc2nccs2)C1. The third-order valence-electron chi connectivity index (χ3n) is 3.03. The molecule has 2 atom stereocenters. The van der Waals surface area contributed by atoms with Crippen LogP contribution >= 0.6 is 23.1 Å². The topological polar surface area (TPSA) is 62.2 Å². The fourth-order valence-electron chi connectivity index (χ4n) is 2.04. The number of rotatable bonds is 4. The Hall–Kier alpha value is -0.590. The van der Waals surface area contributed by atoms with Crippen LogP contribution in [0.3, 0.4) is 0 Å². The van der Waals surface area contributed by atoms with Gasteiger partial charge in [-0.1, -0.05) is 11.8 Å². The lowest BCUT2D eigenvalue weighted by Gasteiger charge is -2.23. The number of nitrogens with zero attached hydrogens (tertiary/aromatic N) is 1. The van der Waals surface area contributed by atoms with Crippen molar-refractivity contribution in [2.75, 3.05) is 7.05 Å². The summed E-state index contributed by atoms with van der Waals surface area (Å²) < 4.78 is 1.03. The number of likely N-dealkylation sites (N-methyl/N-ethyl adjacent to an activating group) is 1. The van der Waals surface area contributed by atoms with E-state index in [0.717, 1.165) is 10.8 Å². The van der Waals surface area contributed by atoms with E-state index in [9.17, 15) is 9.90 Å². The summed E-state index contributed by atoms with van der Waals surface area (Å²) in [5.74, 6) is -0.739. The molecule has 1 fully saturated rings. The maximum absolute atomic E-state index is 11.2. The van der Waals surface area contributed by atoms with Gasteiger partial charge in [-0.25, -0.2) is 4.98 Å². The number of hydrogen-bond acceptors (Lipinski definition) is 5. The first-order valence-corrected chi connectivity index (χ1v) is 6.91. The predicted molar refractivity (Wildman–Crippen MR) is 65.0 cm³/mol. The lowest BCUT2D eigenvalue weighted by Crippen LogP contribution is -2.48. The number of carboxylic acid groups (broad SMARTS) is 1. The molecule has 2 unspecified atom stereocenters. The summed E-state index contributed by atoms with van der Waals surface area (Å²) in [4.78, 5) is 15.4. The average molecular weight is 258 g/mol. The maximum Gasteiger partial charge on any atom is 0.323 e. The monoisotopic (exact) mass is 258 g/mol. The van der Waals surface area contributed by atoms with E-state index in [-0.39, 0.29) is 0 Å². The molecule has 1 aromatic heterocycles. The molecular weight excluding hydrogens is 244 g/mol. The first-order chi connectivity index (χ1) is 7.66. The number of thiazole rings is 1. The Balaban J connectivity index is 1.99. The van der Waals surface area contributed by atoms with Gasteiger partial charge in [0, 0.05) is 16.8 Å². The van der Waals surface area contributed by atoms with Gasteiger partial charge in [0.05, 0.1) is 0 Å². The van der Waals surface area contributed by atoms with Crippen molar-refractivity contribution >= 4 is 29.1 Å². The van der Waals surface area contributed by atoms with Crippen LogP contribution in [0.4, 0.5) is 0 Å². The zero-order chi connectivity index (χ0) is 11.6. The summed E-state index contributed by atoms with van der Waals surface area (Å²) in [6, 6.07) is 0. The predicted octanol–water partition coefficient (Wildman–Crippen LogP) is 1.83. The lowest BCUT2D eigenvalue weighted by atomic mass is 9.99. The summed E-state index contributed by atoms with van der Waals surface area (Å²) in [7, 11) is 1.73. The summed E-state index contributed by atoms with van der Waals surface area (Å²) in [6.07, 6.45) is 4.08. The minimum Gasteiger partial charge on any atom is -0.480 e. The molecule has 1 aliphatic rings. The molecule has 0 aliphatic heterocycles. The third kappa shape index (κ3) is 2.23. The highest BCUT2D eigenvalue weighted by molar-refractivity contribution is 8.01. The van der Waals surface area contributed by atoms with Gasteiger partial charge in [0.2, 0.25) is 0 Å². The van der Waals surface area contributed by atoms with E-state index in [2.05, 4.69) is 10.3 Å². The minimum absolute atomic E-state index is 0.356. The molecule has 1 heterocycles. The summed E-state index contributed by atoms with van der Waals surface area (Å²) in [6.45, 7) is 0. The van der Waals surface area contributed by atoms with E-state index in [1.165, 1.54) is 0 Å². The van der Waals surface area contributed by atoms with E-state index < -0.39 is 11.5 Å². The van der Waals surface area contributed by atoms with Crippen molar-refractivity contribution in [1.82, 2.24) is 10.3 Å². The molecule has 6 heteroatoms. The van der Waals surface area contributed by atoms with Gasteiger partial charge in [0.25, 0.3) is 0 Å². The molecule has 0 bridgehead atoms. The Kier molecular flexibility index (Phi) is 3.51. The number of carboxylic acids is 1. The van der Waals surface area contributed by atoms with Crippen LogP contribution in [0, 0.1) is 0 Å². The van der Waals surface area contributed by atoms with Gasteiger partial charge in [-0.05, 0) is 26.3 Å². The molecule has 1 aliphatic carbocycles. The van der Waals surface area contributed by atoms with Crippen molar-refractivity contribution in [3.8, 4) is 0 Å². The standard InChI is InChI=1S/C10H14N2O2S2/c1-11-10(8(13)14)3-2-7(6-10)16-9-12-4-5-15-9/h4-5,7,11H,2-3,6H2,1H3,(H,13,14). The minimum atomic E-state index is -0.739. The van der Waals surface area contributed by atoms with Crippen molar-refractivity contribution in [2.45, 2.75) is 34.4 Å². The van der Waals surface area contributed by atoms with Crippen molar-refractivity contribution in [3.05, 3.63) is 11.6 Å². The molecule has 2 N–H and O–H groups in total. The van der Waals surface area contributed by atoms with Crippen molar-refractivity contribution < 1.29 is 9.90 Å². The normalized spacial score (nSPS) is 29.4. The number of carbonyl (C=O) groups is 1. The highest BCUT2D eigenvalue weighted by atomic mass is 32.2. The summed E-state index contributed by atoms with van der Waals surface area (Å²) in [5.41, 5.74) is -0.727. The molecular formula is C10H14N2O2S2. The molecule has 1 saturated carbocycles. The highest BCUT2D eigenvalue weighted by Crippen LogP contribution is 2.40. The van der Waals surface area contributed by atoms with Crippen LogP contribution in [0.2, 0.25) is 0 Å². The van der Waals surface area contributed by atoms with Crippen molar-refractivity contribution in [3.63, 3.8) is 0 Å². The largest absolute Gasteiger partial charge is 0.480 e. The summed E-state index contributed by atoms with van der Waals surface area (Å²) >= 11 is 3.31. The first-order valence-electron chi connectivity index (χ1n) is 5.15. The van der Waals surface area contributed by atoms with Crippen LogP contribution in [0.5, 0.6) is 0 Å². The molecule has 0 radical (unpaired) electrons. The van der Waals surface area contributed by atoms with Gasteiger partial charge in [0.15, 0.2) is 0 Å².